The second kappa shape index (κ2) is 8.98. The van der Waals surface area contributed by atoms with Gasteiger partial charge in [-0.15, -0.1) is 0 Å². The van der Waals surface area contributed by atoms with Crippen LogP contribution in [0.2, 0.25) is 0 Å². The molecule has 0 heterocycles. The number of allylic oxidation sites excluding steroid dienone is 1. The van der Waals surface area contributed by atoms with Crippen molar-refractivity contribution in [3.63, 3.8) is 0 Å². The van der Waals surface area contributed by atoms with Crippen LogP contribution in [0, 0.1) is 45.3 Å². The van der Waals surface area contributed by atoms with E-state index in [9.17, 15) is 5.11 Å². The monoisotopic (exact) mass is 486 g/mol. The normalized spacial score (nSPS) is 46.0. The summed E-state index contributed by atoms with van der Waals surface area (Å²) in [5.74, 6) is 2.49. The van der Waals surface area contributed by atoms with Gasteiger partial charge in [-0.3, -0.25) is 0 Å². The van der Waals surface area contributed by atoms with Gasteiger partial charge in [0, 0.05) is 25.6 Å². The number of hydrogen-bond donors (Lipinski definition) is 1. The van der Waals surface area contributed by atoms with E-state index >= 15 is 0 Å². The van der Waals surface area contributed by atoms with Crippen molar-refractivity contribution >= 4 is 0 Å². The third kappa shape index (κ3) is 4.02. The predicted molar refractivity (Wildman–Crippen MR) is 145 cm³/mol. The smallest absolute Gasteiger partial charge is 0.0802 e. The molecule has 0 aromatic rings. The standard InChI is InChI=1S/C32H54O3/c1-21(12-11-16-28(2,3)35-10)22-15-17-32(8)27-25(34-9)20-24-23(13-14-26(33)29(24,4)5)30(27,6)18-19-31(22,32)7/h11,16,20-23,25-27,33H,12-15,17-19H2,1-10H3/b16-11+. The highest BCUT2D eigenvalue weighted by Gasteiger charge is 2.69. The molecular weight excluding hydrogens is 432 g/mol. The molecule has 3 saturated carbocycles. The van der Waals surface area contributed by atoms with Crippen LogP contribution in [0.5, 0.6) is 0 Å². The van der Waals surface area contributed by atoms with E-state index in [2.05, 4.69) is 73.6 Å². The lowest BCUT2D eigenvalue weighted by Crippen LogP contribution is -2.63. The van der Waals surface area contributed by atoms with Crippen LogP contribution in [0.4, 0.5) is 0 Å². The van der Waals surface area contributed by atoms with Crippen molar-refractivity contribution in [2.24, 2.45) is 45.3 Å². The lowest BCUT2D eigenvalue weighted by atomic mass is 9.38. The van der Waals surface area contributed by atoms with E-state index in [1.807, 2.05) is 7.11 Å². The molecule has 0 aromatic carbocycles. The third-order valence-corrected chi connectivity index (χ3v) is 12.3. The highest BCUT2D eigenvalue weighted by Crippen LogP contribution is 2.75. The summed E-state index contributed by atoms with van der Waals surface area (Å²) in [6.45, 7) is 19.1. The summed E-state index contributed by atoms with van der Waals surface area (Å²) in [7, 11) is 3.71. The van der Waals surface area contributed by atoms with Gasteiger partial charge in [-0.2, -0.15) is 0 Å². The molecule has 1 N–H and O–H groups in total. The van der Waals surface area contributed by atoms with Gasteiger partial charge < -0.3 is 14.6 Å². The Morgan fingerprint density at radius 2 is 1.71 bits per heavy atom. The number of ether oxygens (including phenoxy) is 2. The highest BCUT2D eigenvalue weighted by atomic mass is 16.5. The zero-order valence-corrected chi connectivity index (χ0v) is 24.4. The first-order valence-corrected chi connectivity index (χ1v) is 14.3. The van der Waals surface area contributed by atoms with E-state index in [4.69, 9.17) is 9.47 Å². The summed E-state index contributed by atoms with van der Waals surface area (Å²) in [4.78, 5) is 0. The molecule has 3 fully saturated rings. The second-order valence-corrected chi connectivity index (χ2v) is 14.6. The van der Waals surface area contributed by atoms with Gasteiger partial charge in [0.2, 0.25) is 0 Å². The number of methoxy groups -OCH3 is 2. The first-order valence-electron chi connectivity index (χ1n) is 14.3. The molecule has 0 spiro atoms. The van der Waals surface area contributed by atoms with Gasteiger partial charge in [0.1, 0.15) is 0 Å². The fourth-order valence-electron chi connectivity index (χ4n) is 9.69. The Bertz CT molecular complexity index is 855. The van der Waals surface area contributed by atoms with Crippen LogP contribution in [-0.2, 0) is 9.47 Å². The lowest BCUT2D eigenvalue weighted by molar-refractivity contribution is -0.182. The molecule has 0 bridgehead atoms. The van der Waals surface area contributed by atoms with Crippen LogP contribution in [0.25, 0.3) is 0 Å². The number of fused-ring (bicyclic) bond motifs is 5. The van der Waals surface area contributed by atoms with E-state index in [0.717, 1.165) is 25.2 Å². The molecule has 4 rings (SSSR count). The van der Waals surface area contributed by atoms with Crippen LogP contribution in [-0.4, -0.2) is 37.1 Å². The second-order valence-electron chi connectivity index (χ2n) is 14.6. The topological polar surface area (TPSA) is 38.7 Å². The Labute approximate surface area is 216 Å². The van der Waals surface area contributed by atoms with Crippen LogP contribution in [0.1, 0.15) is 100 Å². The van der Waals surface area contributed by atoms with E-state index in [1.54, 1.807) is 7.11 Å². The van der Waals surface area contributed by atoms with Gasteiger partial charge in [-0.05, 0) is 92.8 Å². The largest absolute Gasteiger partial charge is 0.392 e. The fraction of sp³-hybridized carbons (Fsp3) is 0.875. The van der Waals surface area contributed by atoms with Crippen LogP contribution in [0.15, 0.2) is 23.8 Å². The van der Waals surface area contributed by atoms with E-state index in [0.29, 0.717) is 23.2 Å². The minimum Gasteiger partial charge on any atom is -0.392 e. The maximum atomic E-state index is 10.9. The third-order valence-electron chi connectivity index (χ3n) is 12.3. The fourth-order valence-corrected chi connectivity index (χ4v) is 9.69. The van der Waals surface area contributed by atoms with Crippen molar-refractivity contribution in [3.05, 3.63) is 23.8 Å². The molecule has 0 radical (unpaired) electrons. The van der Waals surface area contributed by atoms with E-state index in [1.165, 1.54) is 31.3 Å². The first-order chi connectivity index (χ1) is 16.2. The average molecular weight is 487 g/mol. The van der Waals surface area contributed by atoms with Crippen molar-refractivity contribution in [1.29, 1.82) is 0 Å². The molecule has 4 aliphatic carbocycles. The molecule has 35 heavy (non-hydrogen) atoms. The molecular formula is C32H54O3. The maximum absolute atomic E-state index is 10.9. The number of aliphatic hydroxyl groups is 1. The molecule has 0 amide bonds. The summed E-state index contributed by atoms with van der Waals surface area (Å²) in [6, 6.07) is 0. The highest BCUT2D eigenvalue weighted by molar-refractivity contribution is 5.32. The SMILES string of the molecule is COC1C=C2C(CCC(O)C2(C)C)C2(C)CCC3(C)C(C(C)C/C=C/C(C)(C)OC)CCC3(C)C12. The molecule has 9 unspecified atom stereocenters. The van der Waals surface area contributed by atoms with Crippen molar-refractivity contribution in [2.45, 2.75) is 118 Å². The summed E-state index contributed by atoms with van der Waals surface area (Å²) in [5, 5.41) is 10.9. The molecule has 4 aliphatic rings. The van der Waals surface area contributed by atoms with Crippen LogP contribution < -0.4 is 0 Å². The molecule has 200 valence electrons. The minimum atomic E-state index is -0.250. The lowest BCUT2D eigenvalue weighted by Gasteiger charge is -2.67. The van der Waals surface area contributed by atoms with Crippen LogP contribution >= 0.6 is 0 Å². The van der Waals surface area contributed by atoms with Gasteiger partial charge >= 0.3 is 0 Å². The van der Waals surface area contributed by atoms with Crippen molar-refractivity contribution in [2.75, 3.05) is 14.2 Å². The van der Waals surface area contributed by atoms with Crippen molar-refractivity contribution < 1.29 is 14.6 Å². The van der Waals surface area contributed by atoms with E-state index < -0.39 is 0 Å². The number of aliphatic hydroxyl groups excluding tert-OH is 1. The van der Waals surface area contributed by atoms with Crippen molar-refractivity contribution in [1.82, 2.24) is 0 Å². The summed E-state index contributed by atoms with van der Waals surface area (Å²) in [5.41, 5.74) is 1.94. The maximum Gasteiger partial charge on any atom is 0.0802 e. The molecule has 3 nitrogen and oxygen atoms in total. The Kier molecular flexibility index (Phi) is 7.03. The molecule has 0 saturated heterocycles. The summed E-state index contributed by atoms with van der Waals surface area (Å²) >= 11 is 0. The van der Waals surface area contributed by atoms with Gasteiger partial charge in [0.25, 0.3) is 0 Å². The minimum absolute atomic E-state index is 0.136. The zero-order chi connectivity index (χ0) is 26.0. The number of rotatable bonds is 6. The average Bonchev–Trinajstić information content (AvgIpc) is 3.07. The quantitative estimate of drug-likeness (QED) is 0.393. The van der Waals surface area contributed by atoms with Gasteiger partial charge in [-0.1, -0.05) is 65.3 Å². The zero-order valence-electron chi connectivity index (χ0n) is 24.4. The predicted octanol–water partition coefficient (Wildman–Crippen LogP) is 7.58. The molecule has 0 aromatic heterocycles. The summed E-state index contributed by atoms with van der Waals surface area (Å²) < 4.78 is 12.0. The number of hydrogen-bond acceptors (Lipinski definition) is 3. The Morgan fingerprint density at radius 3 is 2.34 bits per heavy atom. The van der Waals surface area contributed by atoms with Crippen LogP contribution in [0.3, 0.4) is 0 Å². The Hall–Kier alpha value is -0.640. The molecule has 3 heteroatoms. The first kappa shape index (κ1) is 27.4. The Balaban J connectivity index is 1.67. The van der Waals surface area contributed by atoms with Crippen molar-refractivity contribution in [3.8, 4) is 0 Å². The van der Waals surface area contributed by atoms with E-state index in [-0.39, 0.29) is 34.1 Å². The molecule has 0 aliphatic heterocycles. The van der Waals surface area contributed by atoms with Gasteiger partial charge in [0.15, 0.2) is 0 Å². The molecule has 9 atom stereocenters. The summed E-state index contributed by atoms with van der Waals surface area (Å²) in [6.07, 6.45) is 15.3. The Morgan fingerprint density at radius 1 is 1.03 bits per heavy atom. The van der Waals surface area contributed by atoms with Gasteiger partial charge in [-0.25, -0.2) is 0 Å². The van der Waals surface area contributed by atoms with Gasteiger partial charge in [0.05, 0.1) is 17.8 Å².